The normalized spacial score (nSPS) is 11.4. The first kappa shape index (κ1) is 19.4. The number of anilines is 2. The smallest absolute Gasteiger partial charge is 0.261 e. The van der Waals surface area contributed by atoms with Gasteiger partial charge in [0.2, 0.25) is 0 Å². The van der Waals surface area contributed by atoms with Gasteiger partial charge in [0, 0.05) is 11.9 Å². The Balaban J connectivity index is 1.66. The van der Waals surface area contributed by atoms with E-state index in [9.17, 15) is 4.79 Å². The van der Waals surface area contributed by atoms with E-state index >= 15 is 0 Å². The van der Waals surface area contributed by atoms with Gasteiger partial charge in [-0.25, -0.2) is 9.97 Å². The average molecular weight is 421 g/mol. The first-order valence-electron chi connectivity index (χ1n) is 10.0. The van der Waals surface area contributed by atoms with E-state index in [2.05, 4.69) is 25.4 Å². The Morgan fingerprint density at radius 3 is 2.44 bits per heavy atom. The van der Waals surface area contributed by atoms with Gasteiger partial charge in [-0.05, 0) is 43.3 Å². The molecule has 156 valence electrons. The van der Waals surface area contributed by atoms with Crippen molar-refractivity contribution in [1.82, 2.24) is 19.6 Å². The van der Waals surface area contributed by atoms with Crippen LogP contribution in [0.2, 0.25) is 0 Å². The van der Waals surface area contributed by atoms with Gasteiger partial charge in [0.05, 0.1) is 22.9 Å². The third-order valence-corrected chi connectivity index (χ3v) is 5.00. The molecule has 0 unspecified atom stereocenters. The van der Waals surface area contributed by atoms with Gasteiger partial charge in [-0.15, -0.1) is 0 Å². The number of nitrogens with two attached hydrogens (primary N) is 1. The monoisotopic (exact) mass is 421 g/mol. The van der Waals surface area contributed by atoms with Crippen LogP contribution in [0.15, 0.2) is 78.0 Å². The van der Waals surface area contributed by atoms with Crippen LogP contribution < -0.4 is 11.1 Å². The molecule has 0 radical (unpaired) electrons. The van der Waals surface area contributed by atoms with Gasteiger partial charge in [-0.3, -0.25) is 9.78 Å². The summed E-state index contributed by atoms with van der Waals surface area (Å²) in [6, 6.07) is 20.5. The van der Waals surface area contributed by atoms with Gasteiger partial charge < -0.3 is 11.1 Å². The Labute approximate surface area is 183 Å². The number of hydrogen-bond donors (Lipinski definition) is 2. The molecule has 0 aliphatic carbocycles. The zero-order valence-electron chi connectivity index (χ0n) is 17.2. The van der Waals surface area contributed by atoms with Crippen LogP contribution >= 0.6 is 0 Å². The molecule has 0 aliphatic rings. The van der Waals surface area contributed by atoms with Crippen LogP contribution in [0.1, 0.15) is 21.6 Å². The molecule has 32 heavy (non-hydrogen) atoms. The average Bonchev–Trinajstić information content (AvgIpc) is 3.08. The Kier molecular flexibility index (Phi) is 4.79. The first-order valence-corrected chi connectivity index (χ1v) is 10.0. The number of rotatable bonds is 4. The number of nitrogens with one attached hydrogen (secondary N) is 1. The molecule has 3 heterocycles. The second-order valence-electron chi connectivity index (χ2n) is 7.28. The zero-order valence-corrected chi connectivity index (χ0v) is 17.2. The number of carbonyl (C=O) groups is 1. The molecule has 0 bridgehead atoms. The van der Waals surface area contributed by atoms with Crippen molar-refractivity contribution in [3.63, 3.8) is 0 Å². The number of nitrogen functional groups attached to an aromatic ring is 1. The lowest BCUT2D eigenvalue weighted by Crippen LogP contribution is -2.14. The molecule has 3 aromatic heterocycles. The third-order valence-electron chi connectivity index (χ3n) is 5.00. The fourth-order valence-corrected chi connectivity index (χ4v) is 3.39. The van der Waals surface area contributed by atoms with Gasteiger partial charge in [0.25, 0.3) is 5.91 Å². The summed E-state index contributed by atoms with van der Waals surface area (Å²) < 4.78 is 1.42. The summed E-state index contributed by atoms with van der Waals surface area (Å²) in [5.74, 6) is -0.236. The van der Waals surface area contributed by atoms with Crippen molar-refractivity contribution in [1.29, 1.82) is 0 Å². The van der Waals surface area contributed by atoms with Crippen LogP contribution in [0.25, 0.3) is 22.2 Å². The summed E-state index contributed by atoms with van der Waals surface area (Å²) in [5.41, 5.74) is 11.1. The van der Waals surface area contributed by atoms with Crippen LogP contribution in [0.3, 0.4) is 0 Å². The minimum atomic E-state index is -0.382. The van der Waals surface area contributed by atoms with Crippen molar-refractivity contribution in [2.75, 3.05) is 11.1 Å². The van der Waals surface area contributed by atoms with E-state index in [1.807, 2.05) is 73.7 Å². The molecule has 0 aliphatic heterocycles. The lowest BCUT2D eigenvalue weighted by molar-refractivity contribution is 0.102. The summed E-state index contributed by atoms with van der Waals surface area (Å²) in [6.07, 6.45) is 3.24. The van der Waals surface area contributed by atoms with Crippen LogP contribution in [0.4, 0.5) is 11.5 Å². The quantitative estimate of drug-likeness (QED) is 0.426. The number of fused-ring (bicyclic) bond motifs is 2. The maximum atomic E-state index is 13.2. The summed E-state index contributed by atoms with van der Waals surface area (Å²) in [6.45, 7) is 1.98. The van der Waals surface area contributed by atoms with Crippen LogP contribution in [-0.2, 0) is 0 Å². The molecule has 3 N–H and O–H groups in total. The third kappa shape index (κ3) is 3.54. The molecular formula is C24H19N7O. The second kappa shape index (κ2) is 7.92. The van der Waals surface area contributed by atoms with Crippen molar-refractivity contribution in [2.45, 2.75) is 6.92 Å². The minimum Gasteiger partial charge on any atom is -0.383 e. The van der Waals surface area contributed by atoms with E-state index in [4.69, 9.17) is 5.73 Å². The van der Waals surface area contributed by atoms with Crippen molar-refractivity contribution in [3.8, 4) is 0 Å². The maximum absolute atomic E-state index is 13.2. The number of aromatic nitrogens is 4. The molecule has 8 heteroatoms. The van der Waals surface area contributed by atoms with E-state index in [0.29, 0.717) is 33.6 Å². The molecule has 0 saturated heterocycles. The molecule has 2 aromatic carbocycles. The number of carbonyl (C=O) groups excluding carboxylic acids is 1. The highest BCUT2D eigenvalue weighted by Gasteiger charge is 2.24. The van der Waals surface area contributed by atoms with E-state index < -0.39 is 0 Å². The highest BCUT2D eigenvalue weighted by atomic mass is 16.1. The standard InChI is InChI=1S/C24H19N7O/c1-15-9-11-16(12-10-15)28-24(32)20-21-23(30-19-8-3-2-7-18(19)29-21)31(22(20)25)27-14-17-6-4-5-13-26-17/h2-14H,25H2,1H3,(H,28,32)/b27-14-. The van der Waals surface area contributed by atoms with E-state index in [1.165, 1.54) is 4.68 Å². The number of amides is 1. The van der Waals surface area contributed by atoms with Crippen LogP contribution in [-0.4, -0.2) is 31.7 Å². The molecule has 0 atom stereocenters. The number of benzene rings is 2. The maximum Gasteiger partial charge on any atom is 0.261 e. The molecule has 0 spiro atoms. The Morgan fingerprint density at radius 2 is 1.72 bits per heavy atom. The van der Waals surface area contributed by atoms with Crippen molar-refractivity contribution >= 4 is 45.8 Å². The number of pyridine rings is 1. The largest absolute Gasteiger partial charge is 0.383 e. The summed E-state index contributed by atoms with van der Waals surface area (Å²) in [4.78, 5) is 26.8. The number of aryl methyl sites for hydroxylation is 1. The van der Waals surface area contributed by atoms with Crippen molar-refractivity contribution in [3.05, 3.63) is 89.7 Å². The van der Waals surface area contributed by atoms with Crippen molar-refractivity contribution < 1.29 is 4.79 Å². The number of nitrogens with zero attached hydrogens (tertiary/aromatic N) is 5. The minimum absolute atomic E-state index is 0.145. The Hall–Kier alpha value is -4.59. The molecule has 0 saturated carbocycles. The van der Waals surface area contributed by atoms with Crippen LogP contribution in [0.5, 0.6) is 0 Å². The molecule has 5 rings (SSSR count). The Bertz CT molecular complexity index is 1470. The van der Waals surface area contributed by atoms with Crippen molar-refractivity contribution in [2.24, 2.45) is 5.10 Å². The molecule has 5 aromatic rings. The van der Waals surface area contributed by atoms with Crippen LogP contribution in [0, 0.1) is 6.92 Å². The fourth-order valence-electron chi connectivity index (χ4n) is 3.39. The summed E-state index contributed by atoms with van der Waals surface area (Å²) >= 11 is 0. The first-order chi connectivity index (χ1) is 15.6. The van der Waals surface area contributed by atoms with Gasteiger partial charge in [-0.1, -0.05) is 35.9 Å². The van der Waals surface area contributed by atoms with Gasteiger partial charge in [0.15, 0.2) is 5.65 Å². The lowest BCUT2D eigenvalue weighted by atomic mass is 10.2. The lowest BCUT2D eigenvalue weighted by Gasteiger charge is -2.05. The van der Waals surface area contributed by atoms with Gasteiger partial charge in [-0.2, -0.15) is 9.78 Å². The molecule has 8 nitrogen and oxygen atoms in total. The number of para-hydroxylation sites is 2. The Morgan fingerprint density at radius 1 is 1.00 bits per heavy atom. The van der Waals surface area contributed by atoms with E-state index in [0.717, 1.165) is 5.56 Å². The SMILES string of the molecule is Cc1ccc(NC(=O)c2c(N)n(/N=C\c3ccccn3)c3nc4ccccc4nc23)cc1. The second-order valence-corrected chi connectivity index (χ2v) is 7.28. The van der Waals surface area contributed by atoms with E-state index in [1.54, 1.807) is 12.4 Å². The zero-order chi connectivity index (χ0) is 22.1. The highest BCUT2D eigenvalue weighted by molar-refractivity contribution is 6.16. The predicted octanol–water partition coefficient (Wildman–Crippen LogP) is 4.00. The predicted molar refractivity (Wildman–Crippen MR) is 126 cm³/mol. The van der Waals surface area contributed by atoms with Gasteiger partial charge >= 0.3 is 0 Å². The highest BCUT2D eigenvalue weighted by Crippen LogP contribution is 2.28. The summed E-state index contributed by atoms with van der Waals surface area (Å²) in [5, 5.41) is 7.34. The summed E-state index contributed by atoms with van der Waals surface area (Å²) in [7, 11) is 0. The molecular weight excluding hydrogens is 402 g/mol. The molecule has 1 amide bonds. The number of hydrogen-bond acceptors (Lipinski definition) is 6. The molecule has 0 fully saturated rings. The van der Waals surface area contributed by atoms with E-state index in [-0.39, 0.29) is 17.3 Å². The topological polar surface area (TPSA) is 111 Å². The van der Waals surface area contributed by atoms with Gasteiger partial charge in [0.1, 0.15) is 16.9 Å². The fraction of sp³-hybridized carbons (Fsp3) is 0.0417.